The van der Waals surface area contributed by atoms with Gasteiger partial charge in [0.2, 0.25) is 0 Å². The van der Waals surface area contributed by atoms with Crippen molar-refractivity contribution in [2.24, 2.45) is 10.4 Å². The second-order valence-corrected chi connectivity index (χ2v) is 4.77. The summed E-state index contributed by atoms with van der Waals surface area (Å²) in [6, 6.07) is 0. The van der Waals surface area contributed by atoms with E-state index in [9.17, 15) is 0 Å². The van der Waals surface area contributed by atoms with Crippen molar-refractivity contribution in [3.05, 3.63) is 0 Å². The molecule has 0 amide bonds. The molecule has 0 radical (unpaired) electrons. The van der Waals surface area contributed by atoms with Gasteiger partial charge in [0.25, 0.3) is 0 Å². The van der Waals surface area contributed by atoms with Crippen molar-refractivity contribution in [3.8, 4) is 0 Å². The van der Waals surface area contributed by atoms with Crippen LogP contribution in [0.2, 0.25) is 0 Å². The van der Waals surface area contributed by atoms with Crippen molar-refractivity contribution < 1.29 is 0 Å². The van der Waals surface area contributed by atoms with Crippen LogP contribution in [-0.4, -0.2) is 38.0 Å². The molecular formula is C12H25N3. The molecule has 0 saturated heterocycles. The lowest BCUT2D eigenvalue weighted by molar-refractivity contribution is 0.139. The third kappa shape index (κ3) is 3.11. The van der Waals surface area contributed by atoms with Gasteiger partial charge in [0.15, 0.2) is 5.96 Å². The zero-order chi connectivity index (χ0) is 11.3. The molecule has 0 aromatic carbocycles. The fraction of sp³-hybridized carbons (Fsp3) is 0.917. The summed E-state index contributed by atoms with van der Waals surface area (Å²) in [5, 5.41) is 3.30. The first-order valence-electron chi connectivity index (χ1n) is 6.09. The van der Waals surface area contributed by atoms with E-state index < -0.39 is 0 Å². The van der Waals surface area contributed by atoms with Crippen LogP contribution in [0.15, 0.2) is 4.99 Å². The smallest absolute Gasteiger partial charge is 0.193 e. The molecule has 1 aliphatic carbocycles. The van der Waals surface area contributed by atoms with E-state index in [0.717, 1.165) is 19.0 Å². The number of rotatable bonds is 4. The Labute approximate surface area is 94.0 Å². The molecule has 3 heteroatoms. The normalized spacial score (nSPS) is 19.6. The Kier molecular flexibility index (Phi) is 4.43. The van der Waals surface area contributed by atoms with E-state index in [2.05, 4.69) is 24.1 Å². The van der Waals surface area contributed by atoms with E-state index in [-0.39, 0.29) is 0 Å². The number of hydrogen-bond donors (Lipinski definition) is 1. The van der Waals surface area contributed by atoms with E-state index >= 15 is 0 Å². The summed E-state index contributed by atoms with van der Waals surface area (Å²) in [5.41, 5.74) is 0.524. The van der Waals surface area contributed by atoms with Gasteiger partial charge in [-0.15, -0.1) is 0 Å². The van der Waals surface area contributed by atoms with Crippen molar-refractivity contribution in [3.63, 3.8) is 0 Å². The van der Waals surface area contributed by atoms with Crippen molar-refractivity contribution >= 4 is 5.96 Å². The van der Waals surface area contributed by atoms with Crippen molar-refractivity contribution in [2.45, 2.75) is 39.5 Å². The van der Waals surface area contributed by atoms with Gasteiger partial charge in [0.05, 0.1) is 0 Å². The average Bonchev–Trinajstić information content (AvgIpc) is 2.14. The topological polar surface area (TPSA) is 27.6 Å². The molecule has 0 unspecified atom stereocenters. The van der Waals surface area contributed by atoms with Gasteiger partial charge in [-0.25, -0.2) is 0 Å². The summed E-state index contributed by atoms with van der Waals surface area (Å²) >= 11 is 0. The van der Waals surface area contributed by atoms with E-state index in [1.165, 1.54) is 25.7 Å². The number of nitrogens with one attached hydrogen (secondary N) is 1. The standard InChI is InChI=1S/C12H25N3/c1-5-12(8-7-9-12)10-14-11(13-6-2)15(3)4/h5-10H2,1-4H3,(H,13,14). The molecule has 0 aliphatic heterocycles. The maximum Gasteiger partial charge on any atom is 0.193 e. The molecule has 0 aromatic heterocycles. The van der Waals surface area contributed by atoms with Gasteiger partial charge in [0, 0.05) is 27.2 Å². The summed E-state index contributed by atoms with van der Waals surface area (Å²) in [4.78, 5) is 6.77. The van der Waals surface area contributed by atoms with Crippen LogP contribution in [0, 0.1) is 5.41 Å². The Balaban J connectivity index is 2.51. The molecule has 3 nitrogen and oxygen atoms in total. The first kappa shape index (κ1) is 12.3. The average molecular weight is 211 g/mol. The highest BCUT2D eigenvalue weighted by molar-refractivity contribution is 5.79. The lowest BCUT2D eigenvalue weighted by atomic mass is 9.67. The summed E-state index contributed by atoms with van der Waals surface area (Å²) in [7, 11) is 4.09. The molecule has 0 atom stereocenters. The van der Waals surface area contributed by atoms with E-state index in [1.54, 1.807) is 0 Å². The van der Waals surface area contributed by atoms with Crippen LogP contribution >= 0.6 is 0 Å². The third-order valence-electron chi connectivity index (χ3n) is 3.49. The van der Waals surface area contributed by atoms with Gasteiger partial charge in [-0.05, 0) is 31.6 Å². The molecule has 1 fully saturated rings. The lowest BCUT2D eigenvalue weighted by Gasteiger charge is -2.40. The summed E-state index contributed by atoms with van der Waals surface area (Å²) < 4.78 is 0. The molecule has 0 heterocycles. The van der Waals surface area contributed by atoms with Crippen LogP contribution in [0.4, 0.5) is 0 Å². The van der Waals surface area contributed by atoms with E-state index in [0.29, 0.717) is 5.41 Å². The minimum Gasteiger partial charge on any atom is -0.357 e. The quantitative estimate of drug-likeness (QED) is 0.569. The third-order valence-corrected chi connectivity index (χ3v) is 3.49. The van der Waals surface area contributed by atoms with Gasteiger partial charge < -0.3 is 10.2 Å². The van der Waals surface area contributed by atoms with Gasteiger partial charge in [0.1, 0.15) is 0 Å². The Morgan fingerprint density at radius 1 is 1.33 bits per heavy atom. The molecule has 1 saturated carbocycles. The largest absolute Gasteiger partial charge is 0.357 e. The Bertz CT molecular complexity index is 211. The maximum absolute atomic E-state index is 4.71. The highest BCUT2D eigenvalue weighted by Crippen LogP contribution is 2.43. The van der Waals surface area contributed by atoms with Crippen LogP contribution in [0.3, 0.4) is 0 Å². The van der Waals surface area contributed by atoms with Gasteiger partial charge in [-0.3, -0.25) is 4.99 Å². The number of aliphatic imine (C=N–C) groups is 1. The Morgan fingerprint density at radius 3 is 2.33 bits per heavy atom. The maximum atomic E-state index is 4.71. The molecule has 1 rings (SSSR count). The lowest BCUT2D eigenvalue weighted by Crippen LogP contribution is -2.39. The second-order valence-electron chi connectivity index (χ2n) is 4.77. The fourth-order valence-electron chi connectivity index (χ4n) is 2.06. The number of guanidine groups is 1. The summed E-state index contributed by atoms with van der Waals surface area (Å²) in [6.07, 6.45) is 5.38. The van der Waals surface area contributed by atoms with E-state index in [4.69, 9.17) is 4.99 Å². The Hall–Kier alpha value is -0.730. The highest BCUT2D eigenvalue weighted by Gasteiger charge is 2.34. The molecular weight excluding hydrogens is 186 g/mol. The molecule has 0 bridgehead atoms. The second kappa shape index (κ2) is 5.38. The predicted octanol–water partition coefficient (Wildman–Crippen LogP) is 2.09. The molecule has 88 valence electrons. The van der Waals surface area contributed by atoms with Gasteiger partial charge in [-0.1, -0.05) is 13.3 Å². The fourth-order valence-corrected chi connectivity index (χ4v) is 2.06. The highest BCUT2D eigenvalue weighted by atomic mass is 15.3. The zero-order valence-corrected chi connectivity index (χ0v) is 10.6. The molecule has 1 N–H and O–H groups in total. The molecule has 0 aromatic rings. The van der Waals surface area contributed by atoms with Crippen LogP contribution < -0.4 is 5.32 Å². The van der Waals surface area contributed by atoms with Gasteiger partial charge >= 0.3 is 0 Å². The van der Waals surface area contributed by atoms with Crippen molar-refractivity contribution in [1.29, 1.82) is 0 Å². The number of hydrogen-bond acceptors (Lipinski definition) is 1. The van der Waals surface area contributed by atoms with Crippen LogP contribution in [0.5, 0.6) is 0 Å². The summed E-state index contributed by atoms with van der Waals surface area (Å²) in [5.74, 6) is 1.03. The van der Waals surface area contributed by atoms with Crippen molar-refractivity contribution in [2.75, 3.05) is 27.2 Å². The molecule has 0 spiro atoms. The SMILES string of the molecule is CCNC(=NCC1(CC)CCC1)N(C)C. The first-order chi connectivity index (χ1) is 7.13. The van der Waals surface area contributed by atoms with Crippen molar-refractivity contribution in [1.82, 2.24) is 10.2 Å². The van der Waals surface area contributed by atoms with Gasteiger partial charge in [-0.2, -0.15) is 0 Å². The van der Waals surface area contributed by atoms with E-state index in [1.807, 2.05) is 14.1 Å². The molecule has 15 heavy (non-hydrogen) atoms. The first-order valence-corrected chi connectivity index (χ1v) is 6.09. The monoisotopic (exact) mass is 211 g/mol. The minimum atomic E-state index is 0.524. The summed E-state index contributed by atoms with van der Waals surface area (Å²) in [6.45, 7) is 6.33. The zero-order valence-electron chi connectivity index (χ0n) is 10.6. The van der Waals surface area contributed by atoms with Crippen LogP contribution in [0.25, 0.3) is 0 Å². The Morgan fingerprint density at radius 2 is 2.00 bits per heavy atom. The van der Waals surface area contributed by atoms with Crippen LogP contribution in [0.1, 0.15) is 39.5 Å². The predicted molar refractivity (Wildman–Crippen MR) is 66.2 cm³/mol. The minimum absolute atomic E-state index is 0.524. The number of nitrogens with zero attached hydrogens (tertiary/aromatic N) is 2. The van der Waals surface area contributed by atoms with Crippen LogP contribution in [-0.2, 0) is 0 Å². The molecule has 1 aliphatic rings.